The van der Waals surface area contributed by atoms with E-state index < -0.39 is 11.5 Å². The van der Waals surface area contributed by atoms with Crippen LogP contribution in [0.1, 0.15) is 40.5 Å². The number of aromatic nitrogens is 3. The molecule has 166 valence electrons. The van der Waals surface area contributed by atoms with E-state index in [1.54, 1.807) is 25.1 Å². The minimum atomic E-state index is -0.613. The number of carbonyl (C=O) groups excluding carboxylic acids is 2. The molecule has 0 spiro atoms. The highest BCUT2D eigenvalue weighted by atomic mass is 35.5. The summed E-state index contributed by atoms with van der Waals surface area (Å²) in [7, 11) is 1.27. The number of aryl methyl sites for hydroxylation is 1. The molecule has 0 aliphatic heterocycles. The second-order valence-electron chi connectivity index (χ2n) is 7.55. The molecule has 4 rings (SSSR count). The SMILES string of the molecule is COC(=O)c1cc(C)nc2c1c(=O)nc(SCC(=O)Nc1cccc(Cl)c1C)n2C1CC1. The molecule has 2 heterocycles. The highest BCUT2D eigenvalue weighted by molar-refractivity contribution is 7.99. The Morgan fingerprint density at radius 3 is 2.72 bits per heavy atom. The number of hydrogen-bond donors (Lipinski definition) is 1. The van der Waals surface area contributed by atoms with Crippen LogP contribution in [-0.4, -0.2) is 39.3 Å². The van der Waals surface area contributed by atoms with Gasteiger partial charge in [-0.1, -0.05) is 29.4 Å². The molecule has 2 aromatic heterocycles. The van der Waals surface area contributed by atoms with Gasteiger partial charge in [0.1, 0.15) is 5.65 Å². The van der Waals surface area contributed by atoms with Crippen LogP contribution in [-0.2, 0) is 9.53 Å². The number of rotatable bonds is 6. The van der Waals surface area contributed by atoms with Gasteiger partial charge in [0, 0.05) is 22.4 Å². The van der Waals surface area contributed by atoms with Gasteiger partial charge in [-0.15, -0.1) is 0 Å². The van der Waals surface area contributed by atoms with E-state index in [0.29, 0.717) is 27.2 Å². The first kappa shape index (κ1) is 22.3. The van der Waals surface area contributed by atoms with Gasteiger partial charge in [0.2, 0.25) is 5.91 Å². The molecule has 0 unspecified atom stereocenters. The zero-order valence-electron chi connectivity index (χ0n) is 17.8. The Balaban J connectivity index is 1.68. The first-order valence-corrected chi connectivity index (χ1v) is 11.4. The Kier molecular flexibility index (Phi) is 6.21. The molecule has 0 radical (unpaired) electrons. The highest BCUT2D eigenvalue weighted by Crippen LogP contribution is 2.39. The lowest BCUT2D eigenvalue weighted by atomic mass is 10.1. The fraction of sp³-hybridized carbons (Fsp3) is 0.318. The number of carbonyl (C=O) groups is 2. The van der Waals surface area contributed by atoms with Gasteiger partial charge in [-0.25, -0.2) is 9.78 Å². The van der Waals surface area contributed by atoms with E-state index in [0.717, 1.165) is 30.2 Å². The summed E-state index contributed by atoms with van der Waals surface area (Å²) in [6.45, 7) is 3.58. The first-order chi connectivity index (χ1) is 15.3. The standard InChI is InChI=1S/C22H21ClN4O4S/c1-11-9-14(21(30)31-3)18-19(24-11)27(13-7-8-13)22(26-20(18)29)32-10-17(28)25-16-6-4-5-15(23)12(16)2/h4-6,9,13H,7-8,10H2,1-3H3,(H,25,28). The van der Waals surface area contributed by atoms with E-state index in [1.807, 2.05) is 11.5 Å². The number of nitrogens with zero attached hydrogens (tertiary/aromatic N) is 3. The van der Waals surface area contributed by atoms with Crippen LogP contribution in [0, 0.1) is 13.8 Å². The monoisotopic (exact) mass is 472 g/mol. The van der Waals surface area contributed by atoms with Gasteiger partial charge in [0.05, 0.1) is 23.8 Å². The number of halogens is 1. The Morgan fingerprint density at radius 2 is 2.03 bits per heavy atom. The maximum atomic E-state index is 12.9. The average Bonchev–Trinajstić information content (AvgIpc) is 3.59. The fourth-order valence-electron chi connectivity index (χ4n) is 3.42. The highest BCUT2D eigenvalue weighted by Gasteiger charge is 2.30. The summed E-state index contributed by atoms with van der Waals surface area (Å²) in [5.74, 6) is -0.810. The number of anilines is 1. The zero-order valence-corrected chi connectivity index (χ0v) is 19.3. The maximum absolute atomic E-state index is 12.9. The number of ether oxygens (including phenoxy) is 1. The average molecular weight is 473 g/mol. The van der Waals surface area contributed by atoms with Crippen LogP contribution in [0.4, 0.5) is 5.69 Å². The smallest absolute Gasteiger partial charge is 0.338 e. The van der Waals surface area contributed by atoms with Crippen molar-refractivity contribution >= 4 is 52.0 Å². The molecule has 1 N–H and O–H groups in total. The van der Waals surface area contributed by atoms with Gasteiger partial charge < -0.3 is 14.6 Å². The van der Waals surface area contributed by atoms with Gasteiger partial charge in [0.25, 0.3) is 5.56 Å². The topological polar surface area (TPSA) is 103 Å². The third-order valence-corrected chi connectivity index (χ3v) is 6.53. The zero-order chi connectivity index (χ0) is 23.0. The molecule has 1 aromatic carbocycles. The lowest BCUT2D eigenvalue weighted by molar-refractivity contribution is -0.113. The van der Waals surface area contributed by atoms with Crippen molar-refractivity contribution in [3.05, 3.63) is 56.5 Å². The molecule has 1 aliphatic carbocycles. The number of pyridine rings is 1. The summed E-state index contributed by atoms with van der Waals surface area (Å²) in [6.07, 6.45) is 1.81. The molecule has 10 heteroatoms. The number of esters is 1. The summed E-state index contributed by atoms with van der Waals surface area (Å²) in [4.78, 5) is 46.4. The summed E-state index contributed by atoms with van der Waals surface area (Å²) < 4.78 is 6.70. The van der Waals surface area contributed by atoms with Crippen LogP contribution in [0.15, 0.2) is 34.2 Å². The summed E-state index contributed by atoms with van der Waals surface area (Å²) in [5.41, 5.74) is 1.96. The predicted octanol–water partition coefficient (Wildman–Crippen LogP) is 3.91. The molecule has 0 saturated heterocycles. The lowest BCUT2D eigenvalue weighted by Gasteiger charge is -2.16. The van der Waals surface area contributed by atoms with E-state index in [9.17, 15) is 14.4 Å². The second-order valence-corrected chi connectivity index (χ2v) is 8.90. The molecular formula is C22H21ClN4O4S. The minimum absolute atomic E-state index is 0.0479. The van der Waals surface area contributed by atoms with E-state index in [4.69, 9.17) is 16.3 Å². The number of thioether (sulfide) groups is 1. The molecule has 0 atom stereocenters. The number of fused-ring (bicyclic) bond motifs is 1. The third kappa shape index (κ3) is 4.35. The van der Waals surface area contributed by atoms with Crippen LogP contribution in [0.2, 0.25) is 5.02 Å². The summed E-state index contributed by atoms with van der Waals surface area (Å²) in [6, 6.07) is 6.94. The van der Waals surface area contributed by atoms with Gasteiger partial charge in [-0.05, 0) is 50.5 Å². The molecule has 1 saturated carbocycles. The van der Waals surface area contributed by atoms with Crippen molar-refractivity contribution in [3.8, 4) is 0 Å². The molecule has 1 fully saturated rings. The number of amides is 1. The van der Waals surface area contributed by atoms with Crippen molar-refractivity contribution in [2.24, 2.45) is 0 Å². The lowest BCUT2D eigenvalue weighted by Crippen LogP contribution is -2.22. The van der Waals surface area contributed by atoms with Crippen LogP contribution in [0.25, 0.3) is 11.0 Å². The van der Waals surface area contributed by atoms with Crippen LogP contribution < -0.4 is 10.9 Å². The van der Waals surface area contributed by atoms with Crippen molar-refractivity contribution in [1.82, 2.24) is 14.5 Å². The summed E-state index contributed by atoms with van der Waals surface area (Å²) >= 11 is 7.28. The van der Waals surface area contributed by atoms with Crippen molar-refractivity contribution in [3.63, 3.8) is 0 Å². The van der Waals surface area contributed by atoms with Gasteiger partial charge in [-0.3, -0.25) is 9.59 Å². The number of hydrogen-bond acceptors (Lipinski definition) is 7. The largest absolute Gasteiger partial charge is 0.465 e. The Labute approximate surface area is 193 Å². The number of benzene rings is 1. The molecule has 1 aliphatic rings. The molecule has 1 amide bonds. The van der Waals surface area contributed by atoms with Crippen molar-refractivity contribution in [2.45, 2.75) is 37.9 Å². The van der Waals surface area contributed by atoms with E-state index in [2.05, 4.69) is 15.3 Å². The summed E-state index contributed by atoms with van der Waals surface area (Å²) in [5, 5.41) is 3.95. The van der Waals surface area contributed by atoms with Gasteiger partial charge in [-0.2, -0.15) is 4.98 Å². The van der Waals surface area contributed by atoms with Crippen LogP contribution >= 0.6 is 23.4 Å². The van der Waals surface area contributed by atoms with Crippen LogP contribution in [0.5, 0.6) is 0 Å². The second kappa shape index (κ2) is 8.91. The Bertz CT molecular complexity index is 1300. The van der Waals surface area contributed by atoms with Crippen LogP contribution in [0.3, 0.4) is 0 Å². The molecule has 32 heavy (non-hydrogen) atoms. The van der Waals surface area contributed by atoms with Crippen molar-refractivity contribution in [2.75, 3.05) is 18.2 Å². The quantitative estimate of drug-likeness (QED) is 0.329. The van der Waals surface area contributed by atoms with Gasteiger partial charge >= 0.3 is 5.97 Å². The molecule has 3 aromatic rings. The fourth-order valence-corrected chi connectivity index (χ4v) is 4.45. The first-order valence-electron chi connectivity index (χ1n) is 10.00. The minimum Gasteiger partial charge on any atom is -0.465 e. The Morgan fingerprint density at radius 1 is 1.28 bits per heavy atom. The normalized spacial score (nSPS) is 13.2. The molecule has 0 bridgehead atoms. The van der Waals surface area contributed by atoms with Crippen molar-refractivity contribution < 1.29 is 14.3 Å². The molecular weight excluding hydrogens is 452 g/mol. The van der Waals surface area contributed by atoms with Crippen molar-refractivity contribution in [1.29, 1.82) is 0 Å². The van der Waals surface area contributed by atoms with E-state index in [1.165, 1.54) is 13.2 Å². The number of methoxy groups -OCH3 is 1. The predicted molar refractivity (Wildman–Crippen MR) is 124 cm³/mol. The van der Waals surface area contributed by atoms with Gasteiger partial charge in [0.15, 0.2) is 5.16 Å². The maximum Gasteiger partial charge on any atom is 0.338 e. The van der Waals surface area contributed by atoms with E-state index in [-0.39, 0.29) is 28.7 Å². The van der Waals surface area contributed by atoms with E-state index >= 15 is 0 Å². The molecule has 8 nitrogen and oxygen atoms in total. The Hall–Kier alpha value is -2.91. The third-order valence-electron chi connectivity index (χ3n) is 5.17. The number of nitrogens with one attached hydrogen (secondary N) is 1.